The van der Waals surface area contributed by atoms with Crippen LogP contribution in [-0.2, 0) is 0 Å². The van der Waals surface area contributed by atoms with Gasteiger partial charge in [0.25, 0.3) is 0 Å². The maximum absolute atomic E-state index is 3.66. The lowest BCUT2D eigenvalue weighted by Gasteiger charge is -2.33. The maximum Gasteiger partial charge on any atom is 0.0195 e. The summed E-state index contributed by atoms with van der Waals surface area (Å²) in [6.07, 6.45) is 4.06. The Kier molecular flexibility index (Phi) is 5.94. The normalized spacial score (nSPS) is 26.5. The quantitative estimate of drug-likeness (QED) is 0.746. The molecule has 2 nitrogen and oxygen atoms in total. The SMILES string of the molecule is CCC1CCNC(CNCC(C)(C)C(C)C)C1. The summed E-state index contributed by atoms with van der Waals surface area (Å²) in [5.74, 6) is 1.68. The molecule has 2 N–H and O–H groups in total. The maximum atomic E-state index is 3.66. The molecule has 17 heavy (non-hydrogen) atoms. The average molecular weight is 240 g/mol. The predicted molar refractivity (Wildman–Crippen MR) is 76.3 cm³/mol. The summed E-state index contributed by atoms with van der Waals surface area (Å²) in [7, 11) is 0. The van der Waals surface area contributed by atoms with Gasteiger partial charge in [0.1, 0.15) is 0 Å². The molecule has 2 unspecified atom stereocenters. The van der Waals surface area contributed by atoms with E-state index in [4.69, 9.17) is 0 Å². The number of hydrogen-bond donors (Lipinski definition) is 2. The molecular formula is C15H32N2. The van der Waals surface area contributed by atoms with Crippen LogP contribution in [0.25, 0.3) is 0 Å². The van der Waals surface area contributed by atoms with Crippen molar-refractivity contribution in [2.75, 3.05) is 19.6 Å². The van der Waals surface area contributed by atoms with Crippen LogP contribution in [0.3, 0.4) is 0 Å². The van der Waals surface area contributed by atoms with Gasteiger partial charge in [-0.3, -0.25) is 0 Å². The van der Waals surface area contributed by atoms with Crippen LogP contribution in [0, 0.1) is 17.3 Å². The van der Waals surface area contributed by atoms with E-state index >= 15 is 0 Å². The third kappa shape index (κ3) is 4.97. The molecule has 0 bridgehead atoms. The summed E-state index contributed by atoms with van der Waals surface area (Å²) in [5, 5.41) is 7.30. The van der Waals surface area contributed by atoms with Gasteiger partial charge in [0, 0.05) is 19.1 Å². The van der Waals surface area contributed by atoms with Crippen LogP contribution in [0.2, 0.25) is 0 Å². The zero-order valence-electron chi connectivity index (χ0n) is 12.5. The van der Waals surface area contributed by atoms with Crippen molar-refractivity contribution >= 4 is 0 Å². The van der Waals surface area contributed by atoms with Crippen molar-refractivity contribution in [3.05, 3.63) is 0 Å². The Morgan fingerprint density at radius 3 is 2.65 bits per heavy atom. The number of rotatable bonds is 6. The van der Waals surface area contributed by atoms with Crippen LogP contribution in [-0.4, -0.2) is 25.7 Å². The first-order valence-electron chi connectivity index (χ1n) is 7.39. The van der Waals surface area contributed by atoms with Gasteiger partial charge in [-0.15, -0.1) is 0 Å². The molecule has 2 atom stereocenters. The van der Waals surface area contributed by atoms with Gasteiger partial charge in [0.2, 0.25) is 0 Å². The molecule has 0 saturated carbocycles. The third-order valence-corrected chi connectivity index (χ3v) is 4.72. The highest BCUT2D eigenvalue weighted by atomic mass is 15.0. The Morgan fingerprint density at radius 1 is 1.35 bits per heavy atom. The van der Waals surface area contributed by atoms with Crippen molar-refractivity contribution in [3.63, 3.8) is 0 Å². The molecule has 0 radical (unpaired) electrons. The van der Waals surface area contributed by atoms with Crippen molar-refractivity contribution < 1.29 is 0 Å². The second-order valence-electron chi connectivity index (χ2n) is 6.72. The van der Waals surface area contributed by atoms with Crippen LogP contribution in [0.5, 0.6) is 0 Å². The first-order valence-corrected chi connectivity index (χ1v) is 7.39. The largest absolute Gasteiger partial charge is 0.315 e. The van der Waals surface area contributed by atoms with E-state index in [2.05, 4.69) is 45.3 Å². The van der Waals surface area contributed by atoms with Crippen molar-refractivity contribution in [2.24, 2.45) is 17.3 Å². The molecular weight excluding hydrogens is 208 g/mol. The molecule has 1 heterocycles. The summed E-state index contributed by atoms with van der Waals surface area (Å²) < 4.78 is 0. The Hall–Kier alpha value is -0.0800. The number of nitrogens with one attached hydrogen (secondary N) is 2. The average Bonchev–Trinajstić information content (AvgIpc) is 2.29. The molecule has 1 fully saturated rings. The lowest BCUT2D eigenvalue weighted by molar-refractivity contribution is 0.225. The van der Waals surface area contributed by atoms with E-state index < -0.39 is 0 Å². The van der Waals surface area contributed by atoms with Gasteiger partial charge in [-0.25, -0.2) is 0 Å². The molecule has 2 heteroatoms. The molecule has 1 saturated heterocycles. The minimum atomic E-state index is 0.402. The highest BCUT2D eigenvalue weighted by Crippen LogP contribution is 2.25. The standard InChI is InChI=1S/C15H32N2/c1-6-13-7-8-17-14(9-13)10-16-11-15(4,5)12(2)3/h12-14,16-17H,6-11H2,1-5H3. The minimum Gasteiger partial charge on any atom is -0.315 e. The molecule has 0 amide bonds. The fourth-order valence-corrected chi connectivity index (χ4v) is 2.39. The van der Waals surface area contributed by atoms with Crippen LogP contribution >= 0.6 is 0 Å². The molecule has 0 aromatic rings. The first kappa shape index (κ1) is 15.0. The number of piperidine rings is 1. The first-order chi connectivity index (χ1) is 7.95. The van der Waals surface area contributed by atoms with Crippen LogP contribution in [0.1, 0.15) is 53.9 Å². The molecule has 102 valence electrons. The van der Waals surface area contributed by atoms with Gasteiger partial charge in [-0.1, -0.05) is 41.0 Å². The fraction of sp³-hybridized carbons (Fsp3) is 1.00. The van der Waals surface area contributed by atoms with Crippen LogP contribution < -0.4 is 10.6 Å². The molecule has 1 aliphatic heterocycles. The van der Waals surface area contributed by atoms with E-state index in [9.17, 15) is 0 Å². The summed E-state index contributed by atoms with van der Waals surface area (Å²) in [5.41, 5.74) is 0.402. The minimum absolute atomic E-state index is 0.402. The smallest absolute Gasteiger partial charge is 0.0195 e. The zero-order chi connectivity index (χ0) is 12.9. The van der Waals surface area contributed by atoms with Crippen molar-refractivity contribution in [2.45, 2.75) is 59.9 Å². The lowest BCUT2D eigenvalue weighted by atomic mass is 9.81. The van der Waals surface area contributed by atoms with Gasteiger partial charge in [0.05, 0.1) is 0 Å². The van der Waals surface area contributed by atoms with Crippen molar-refractivity contribution in [3.8, 4) is 0 Å². The van der Waals surface area contributed by atoms with E-state index in [1.165, 1.54) is 25.8 Å². The summed E-state index contributed by atoms with van der Waals surface area (Å²) in [6.45, 7) is 15.1. The third-order valence-electron chi connectivity index (χ3n) is 4.72. The second kappa shape index (κ2) is 6.75. The highest BCUT2D eigenvalue weighted by molar-refractivity contribution is 4.81. The van der Waals surface area contributed by atoms with Gasteiger partial charge in [0.15, 0.2) is 0 Å². The van der Waals surface area contributed by atoms with E-state index in [1.807, 2.05) is 0 Å². The zero-order valence-corrected chi connectivity index (χ0v) is 12.5. The van der Waals surface area contributed by atoms with Crippen molar-refractivity contribution in [1.29, 1.82) is 0 Å². The second-order valence-corrected chi connectivity index (χ2v) is 6.72. The summed E-state index contributed by atoms with van der Waals surface area (Å²) >= 11 is 0. The van der Waals surface area contributed by atoms with E-state index in [0.717, 1.165) is 24.9 Å². The Bertz CT molecular complexity index is 211. The molecule has 0 aromatic carbocycles. The van der Waals surface area contributed by atoms with Gasteiger partial charge < -0.3 is 10.6 Å². The Morgan fingerprint density at radius 2 is 2.06 bits per heavy atom. The molecule has 0 aromatic heterocycles. The van der Waals surface area contributed by atoms with Gasteiger partial charge >= 0.3 is 0 Å². The fourth-order valence-electron chi connectivity index (χ4n) is 2.39. The Labute approximate surface area is 108 Å². The van der Waals surface area contributed by atoms with E-state index in [-0.39, 0.29) is 0 Å². The van der Waals surface area contributed by atoms with Gasteiger partial charge in [-0.2, -0.15) is 0 Å². The predicted octanol–water partition coefficient (Wildman–Crippen LogP) is 3.04. The highest BCUT2D eigenvalue weighted by Gasteiger charge is 2.23. The molecule has 0 spiro atoms. The van der Waals surface area contributed by atoms with E-state index in [1.54, 1.807) is 0 Å². The summed E-state index contributed by atoms with van der Waals surface area (Å²) in [4.78, 5) is 0. The van der Waals surface area contributed by atoms with Crippen LogP contribution in [0.4, 0.5) is 0 Å². The molecule has 1 rings (SSSR count). The molecule has 1 aliphatic rings. The van der Waals surface area contributed by atoms with Gasteiger partial charge in [-0.05, 0) is 36.6 Å². The summed E-state index contributed by atoms with van der Waals surface area (Å²) in [6, 6.07) is 0.691. The monoisotopic (exact) mass is 240 g/mol. The van der Waals surface area contributed by atoms with E-state index in [0.29, 0.717) is 11.5 Å². The topological polar surface area (TPSA) is 24.1 Å². The molecule has 0 aliphatic carbocycles. The van der Waals surface area contributed by atoms with Crippen LogP contribution in [0.15, 0.2) is 0 Å². The number of hydrogen-bond acceptors (Lipinski definition) is 2. The Balaban J connectivity index is 2.22. The van der Waals surface area contributed by atoms with Crippen molar-refractivity contribution in [1.82, 2.24) is 10.6 Å². The lowest BCUT2D eigenvalue weighted by Crippen LogP contribution is -2.46.